The lowest BCUT2D eigenvalue weighted by Crippen LogP contribution is -2.24. The minimum atomic E-state index is 0.0648. The van der Waals surface area contributed by atoms with Crippen LogP contribution in [0.3, 0.4) is 0 Å². The van der Waals surface area contributed by atoms with Gasteiger partial charge in [-0.25, -0.2) is 0 Å². The number of ketones is 2. The number of rotatable bonds is 17. The summed E-state index contributed by atoms with van der Waals surface area (Å²) in [6.07, 6.45) is 0.715. The molecule has 0 aliphatic carbocycles. The molecule has 0 fully saturated rings. The van der Waals surface area contributed by atoms with Crippen molar-refractivity contribution >= 4 is 54.7 Å². The topological polar surface area (TPSA) is 58.2 Å². The molecular weight excluding hydrogens is 501 g/mol. The first kappa shape index (κ1) is 33.9. The second-order valence-electron chi connectivity index (χ2n) is 9.18. The molecule has 34 heavy (non-hydrogen) atoms. The molecule has 0 radical (unpaired) electrons. The van der Waals surface area contributed by atoms with Gasteiger partial charge in [-0.3, -0.25) is 9.59 Å². The molecule has 0 saturated carbocycles. The predicted octanol–water partition coefficient (Wildman–Crippen LogP) is 7.24. The van der Waals surface area contributed by atoms with Crippen LogP contribution in [0.1, 0.15) is 72.2 Å². The summed E-state index contributed by atoms with van der Waals surface area (Å²) in [5, 5.41) is 6.75. The molecule has 0 saturated heterocycles. The molecule has 0 bridgehead atoms. The summed E-state index contributed by atoms with van der Waals surface area (Å²) in [5.41, 5.74) is 0.811. The first-order valence-electron chi connectivity index (χ1n) is 12.2. The number of Topliss-reactive ketones (excluding diaryl/α,β-unsaturated/α-hetero) is 2. The molecule has 0 aliphatic rings. The monoisotopic (exact) mass is 546 g/mol. The highest BCUT2D eigenvalue weighted by molar-refractivity contribution is 8.77. The number of carbonyl (C=O) groups is 2. The van der Waals surface area contributed by atoms with Gasteiger partial charge in [0.2, 0.25) is 0 Å². The van der Waals surface area contributed by atoms with Gasteiger partial charge in [-0.1, -0.05) is 111 Å². The van der Waals surface area contributed by atoms with Gasteiger partial charge in [-0.05, 0) is 12.1 Å². The first-order chi connectivity index (χ1) is 16.0. The van der Waals surface area contributed by atoms with Gasteiger partial charge >= 0.3 is 0 Å². The Kier molecular flexibility index (Phi) is 20.9. The summed E-state index contributed by atoms with van der Waals surface area (Å²) >= 11 is 0. The van der Waals surface area contributed by atoms with Crippen LogP contribution in [-0.2, 0) is 4.79 Å². The lowest BCUT2D eigenvalue weighted by atomic mass is 10.0. The second kappa shape index (κ2) is 21.0. The van der Waals surface area contributed by atoms with Crippen molar-refractivity contribution in [3.63, 3.8) is 0 Å². The van der Waals surface area contributed by atoms with Gasteiger partial charge in [0.05, 0.1) is 0 Å². The van der Waals surface area contributed by atoms with Gasteiger partial charge in [0.1, 0.15) is 5.78 Å². The summed E-state index contributed by atoms with van der Waals surface area (Å²) in [4.78, 5) is 24.3. The first-order valence-corrected chi connectivity index (χ1v) is 17.0. The third-order valence-corrected chi connectivity index (χ3v) is 9.25. The second-order valence-corrected chi connectivity index (χ2v) is 14.4. The normalized spacial score (nSPS) is 11.3. The quantitative estimate of drug-likeness (QED) is 0.120. The molecule has 0 amide bonds. The fraction of sp³-hybridized carbons (Fsp3) is 0.692. The molecule has 1 rings (SSSR count). The van der Waals surface area contributed by atoms with Crippen LogP contribution in [0.15, 0.2) is 29.2 Å². The van der Waals surface area contributed by atoms with Crippen LogP contribution in [-0.4, -0.2) is 54.0 Å². The zero-order valence-electron chi connectivity index (χ0n) is 22.3. The zero-order chi connectivity index (χ0) is 25.9. The Morgan fingerprint density at radius 2 is 1.21 bits per heavy atom. The highest BCUT2D eigenvalue weighted by atomic mass is 33.1. The molecule has 1 aromatic rings. The SMILES string of the molecule is CC(C)NCCSSCCC(=O)C(C)C.CC(C)NCCSSc1ccc(C(=O)C(C)C)cc1. The van der Waals surface area contributed by atoms with E-state index in [1.807, 2.05) is 73.5 Å². The van der Waals surface area contributed by atoms with Gasteiger partial charge in [0.15, 0.2) is 5.78 Å². The van der Waals surface area contributed by atoms with Gasteiger partial charge in [-0.2, -0.15) is 0 Å². The minimum absolute atomic E-state index is 0.0648. The Hall–Kier alpha value is -0.120. The van der Waals surface area contributed by atoms with Crippen LogP contribution in [0.2, 0.25) is 0 Å². The number of hydrogen-bond acceptors (Lipinski definition) is 8. The molecule has 2 N–H and O–H groups in total. The standard InChI is InChI=1S/C15H23NOS2.C11H23NOS2/c1-11(2)15(17)13-5-7-14(8-6-13)19-18-10-9-16-12(3)4;1-9(2)11(13)5-7-14-15-8-6-12-10(3)4/h5-8,11-12,16H,9-10H2,1-4H3;9-10,12H,5-8H2,1-4H3. The number of benzene rings is 1. The summed E-state index contributed by atoms with van der Waals surface area (Å²) < 4.78 is 0. The van der Waals surface area contributed by atoms with E-state index in [2.05, 4.69) is 38.3 Å². The van der Waals surface area contributed by atoms with E-state index >= 15 is 0 Å². The average Bonchev–Trinajstić information content (AvgIpc) is 2.77. The fourth-order valence-corrected chi connectivity index (χ4v) is 6.28. The van der Waals surface area contributed by atoms with Crippen LogP contribution >= 0.6 is 43.2 Å². The van der Waals surface area contributed by atoms with Crippen molar-refractivity contribution in [3.05, 3.63) is 29.8 Å². The number of nitrogens with one attached hydrogen (secondary N) is 2. The minimum Gasteiger partial charge on any atom is -0.314 e. The van der Waals surface area contributed by atoms with E-state index in [-0.39, 0.29) is 17.6 Å². The van der Waals surface area contributed by atoms with Crippen molar-refractivity contribution in [2.75, 3.05) is 30.3 Å². The third kappa shape index (κ3) is 19.1. The van der Waals surface area contributed by atoms with Crippen molar-refractivity contribution in [3.8, 4) is 0 Å². The van der Waals surface area contributed by atoms with E-state index in [0.29, 0.717) is 24.3 Å². The summed E-state index contributed by atoms with van der Waals surface area (Å²) in [6, 6.07) is 9.03. The van der Waals surface area contributed by atoms with E-state index in [1.165, 1.54) is 4.90 Å². The van der Waals surface area contributed by atoms with E-state index in [9.17, 15) is 9.59 Å². The van der Waals surface area contributed by atoms with E-state index in [1.54, 1.807) is 21.6 Å². The molecule has 0 heterocycles. The molecule has 0 spiro atoms. The maximum Gasteiger partial charge on any atom is 0.165 e. The number of carbonyl (C=O) groups excluding carboxylic acids is 2. The molecule has 4 nitrogen and oxygen atoms in total. The van der Waals surface area contributed by atoms with Crippen LogP contribution in [0, 0.1) is 11.8 Å². The van der Waals surface area contributed by atoms with E-state index < -0.39 is 0 Å². The van der Waals surface area contributed by atoms with Crippen molar-refractivity contribution in [1.29, 1.82) is 0 Å². The maximum atomic E-state index is 11.8. The fourth-order valence-electron chi connectivity index (χ4n) is 2.45. The molecule has 0 aliphatic heterocycles. The lowest BCUT2D eigenvalue weighted by Gasteiger charge is -2.07. The highest BCUT2D eigenvalue weighted by Crippen LogP contribution is 2.30. The van der Waals surface area contributed by atoms with Crippen molar-refractivity contribution in [1.82, 2.24) is 10.6 Å². The molecule has 0 atom stereocenters. The Bertz CT molecular complexity index is 665. The van der Waals surface area contributed by atoms with E-state index in [4.69, 9.17) is 0 Å². The number of hydrogen-bond donors (Lipinski definition) is 2. The molecule has 0 unspecified atom stereocenters. The smallest absolute Gasteiger partial charge is 0.165 e. The highest BCUT2D eigenvalue weighted by Gasteiger charge is 2.10. The van der Waals surface area contributed by atoms with Gasteiger partial charge in [0, 0.05) is 71.1 Å². The maximum absolute atomic E-state index is 11.8. The average molecular weight is 547 g/mol. The van der Waals surface area contributed by atoms with E-state index in [0.717, 1.165) is 35.9 Å². The van der Waals surface area contributed by atoms with Crippen LogP contribution in [0.4, 0.5) is 0 Å². The molecule has 8 heteroatoms. The largest absolute Gasteiger partial charge is 0.314 e. The Morgan fingerprint density at radius 1 is 0.706 bits per heavy atom. The molecule has 1 aromatic carbocycles. The third-order valence-electron chi connectivity index (χ3n) is 4.45. The summed E-state index contributed by atoms with van der Waals surface area (Å²) in [6.45, 7) is 18.5. The van der Waals surface area contributed by atoms with Crippen molar-refractivity contribution < 1.29 is 9.59 Å². The van der Waals surface area contributed by atoms with Gasteiger partial charge in [0.25, 0.3) is 0 Å². The van der Waals surface area contributed by atoms with Crippen molar-refractivity contribution in [2.24, 2.45) is 11.8 Å². The van der Waals surface area contributed by atoms with Crippen LogP contribution < -0.4 is 10.6 Å². The van der Waals surface area contributed by atoms with Gasteiger partial charge < -0.3 is 10.6 Å². The van der Waals surface area contributed by atoms with Gasteiger partial charge in [-0.15, -0.1) is 0 Å². The lowest BCUT2D eigenvalue weighted by molar-refractivity contribution is -0.121. The molecule has 0 aromatic heterocycles. The predicted molar refractivity (Wildman–Crippen MR) is 160 cm³/mol. The molecular formula is C26H46N2O2S4. The Labute approximate surface area is 224 Å². The van der Waals surface area contributed by atoms with Crippen LogP contribution in [0.25, 0.3) is 0 Å². The van der Waals surface area contributed by atoms with Crippen LogP contribution in [0.5, 0.6) is 0 Å². The van der Waals surface area contributed by atoms with Crippen molar-refractivity contribution in [2.45, 2.75) is 78.8 Å². The molecule has 196 valence electrons. The Balaban J connectivity index is 0.000000661. The summed E-state index contributed by atoms with van der Waals surface area (Å²) in [5.74, 6) is 3.99. The Morgan fingerprint density at radius 3 is 1.68 bits per heavy atom. The summed E-state index contributed by atoms with van der Waals surface area (Å²) in [7, 11) is 7.26. The zero-order valence-corrected chi connectivity index (χ0v) is 25.6.